The van der Waals surface area contributed by atoms with Gasteiger partial charge in [-0.3, -0.25) is 14.9 Å². The number of anilines is 1. The summed E-state index contributed by atoms with van der Waals surface area (Å²) in [5, 5.41) is 22.8. The van der Waals surface area contributed by atoms with Crippen LogP contribution in [0.3, 0.4) is 0 Å². The first-order valence-electron chi connectivity index (χ1n) is 9.56. The lowest BCUT2D eigenvalue weighted by molar-refractivity contribution is -0.384. The van der Waals surface area contributed by atoms with Gasteiger partial charge in [0.05, 0.1) is 27.8 Å². The molecule has 152 valence electrons. The summed E-state index contributed by atoms with van der Waals surface area (Å²) < 4.78 is 0. The molecule has 1 amide bonds. The topological polar surface area (TPSA) is 111 Å². The van der Waals surface area contributed by atoms with Gasteiger partial charge in [0.2, 0.25) is 11.1 Å². The van der Waals surface area contributed by atoms with Crippen LogP contribution in [0.1, 0.15) is 56.5 Å². The number of aromatic nitrogens is 3. The third-order valence-electron chi connectivity index (χ3n) is 6.81. The molecule has 1 fully saturated rings. The van der Waals surface area contributed by atoms with Crippen molar-refractivity contribution in [3.8, 4) is 0 Å². The molecule has 1 saturated carbocycles. The Hall–Kier alpha value is -2.55. The number of thioether (sulfide) groups is 1. The van der Waals surface area contributed by atoms with Crippen LogP contribution < -0.4 is 5.32 Å². The Kier molecular flexibility index (Phi) is 4.60. The minimum Gasteiger partial charge on any atom is -0.325 e. The molecule has 0 saturated heterocycles. The Bertz CT molecular complexity index is 1030. The van der Waals surface area contributed by atoms with Crippen LogP contribution in [0.5, 0.6) is 0 Å². The van der Waals surface area contributed by atoms with Crippen LogP contribution in [0.25, 0.3) is 0 Å². The number of hydrogen-bond acceptors (Lipinski definition) is 7. The maximum absolute atomic E-state index is 12.4. The van der Waals surface area contributed by atoms with Gasteiger partial charge >= 0.3 is 0 Å². The summed E-state index contributed by atoms with van der Waals surface area (Å²) in [5.74, 6) is 0.226. The Morgan fingerprint density at radius 2 is 2.10 bits per heavy atom. The minimum atomic E-state index is -0.482. The quantitative estimate of drug-likeness (QED) is 0.448. The molecule has 0 aliphatic heterocycles. The van der Waals surface area contributed by atoms with E-state index in [0.717, 1.165) is 29.8 Å². The minimum absolute atomic E-state index is 0.0133. The first-order valence-corrected chi connectivity index (χ1v) is 10.5. The van der Waals surface area contributed by atoms with Crippen LogP contribution in [0, 0.1) is 22.5 Å². The van der Waals surface area contributed by atoms with E-state index in [1.165, 1.54) is 23.9 Å². The molecule has 0 radical (unpaired) electrons. The van der Waals surface area contributed by atoms with Gasteiger partial charge in [-0.25, -0.2) is 4.98 Å². The summed E-state index contributed by atoms with van der Waals surface area (Å²) >= 11 is 1.23. The molecule has 9 heteroatoms. The number of amides is 1. The fourth-order valence-corrected chi connectivity index (χ4v) is 5.19. The van der Waals surface area contributed by atoms with E-state index in [1.807, 2.05) is 0 Å². The molecule has 1 N–H and O–H groups in total. The number of nitro benzene ring substituents is 1. The van der Waals surface area contributed by atoms with E-state index in [4.69, 9.17) is 4.98 Å². The number of fused-ring (bicyclic) bond motifs is 5. The molecule has 2 atom stereocenters. The molecule has 1 aromatic carbocycles. The third kappa shape index (κ3) is 3.08. The normalized spacial score (nSPS) is 23.7. The number of nitro groups is 1. The van der Waals surface area contributed by atoms with Crippen LogP contribution in [0.4, 0.5) is 11.4 Å². The fourth-order valence-electron chi connectivity index (χ4n) is 4.60. The number of carbonyl (C=O) groups is 1. The number of carbonyl (C=O) groups excluding carboxylic acids is 1. The molecule has 1 heterocycles. The number of non-ortho nitro benzene ring substituents is 1. The highest BCUT2D eigenvalue weighted by Gasteiger charge is 2.61. The molecular formula is C20H23N5O3S. The maximum Gasteiger partial charge on any atom is 0.271 e. The molecule has 1 aromatic heterocycles. The van der Waals surface area contributed by atoms with E-state index in [1.54, 1.807) is 13.0 Å². The van der Waals surface area contributed by atoms with Crippen molar-refractivity contribution in [2.75, 3.05) is 11.1 Å². The van der Waals surface area contributed by atoms with Gasteiger partial charge in [0.1, 0.15) is 0 Å². The van der Waals surface area contributed by atoms with Gasteiger partial charge in [-0.15, -0.1) is 5.10 Å². The van der Waals surface area contributed by atoms with Crippen LogP contribution in [-0.2, 0) is 10.2 Å². The largest absolute Gasteiger partial charge is 0.325 e. The highest BCUT2D eigenvalue weighted by molar-refractivity contribution is 7.99. The molecule has 29 heavy (non-hydrogen) atoms. The smallest absolute Gasteiger partial charge is 0.271 e. The number of hydrogen-bond donors (Lipinski definition) is 1. The van der Waals surface area contributed by atoms with Gasteiger partial charge in [0.25, 0.3) is 5.69 Å². The van der Waals surface area contributed by atoms with Gasteiger partial charge in [-0.2, -0.15) is 5.10 Å². The van der Waals surface area contributed by atoms with Gasteiger partial charge < -0.3 is 5.32 Å². The molecule has 2 aliphatic carbocycles. The predicted octanol–water partition coefficient (Wildman–Crippen LogP) is 3.99. The third-order valence-corrected chi connectivity index (χ3v) is 7.65. The zero-order valence-corrected chi connectivity index (χ0v) is 17.7. The SMILES string of the molecule is Cc1ccc([N+](=O)[O-])cc1NC(=O)CSc1nnc2c(n1)[C@]1(C)CC[C@H]2C1(C)C. The average molecular weight is 414 g/mol. The Morgan fingerprint density at radius 1 is 1.34 bits per heavy atom. The number of benzene rings is 1. The van der Waals surface area contributed by atoms with Crippen molar-refractivity contribution >= 4 is 29.0 Å². The van der Waals surface area contributed by atoms with Crippen molar-refractivity contribution in [3.63, 3.8) is 0 Å². The molecule has 8 nitrogen and oxygen atoms in total. The molecule has 4 rings (SSSR count). The van der Waals surface area contributed by atoms with Gasteiger partial charge in [0.15, 0.2) is 0 Å². The van der Waals surface area contributed by atoms with E-state index in [9.17, 15) is 14.9 Å². The Balaban J connectivity index is 1.46. The van der Waals surface area contributed by atoms with E-state index >= 15 is 0 Å². The summed E-state index contributed by atoms with van der Waals surface area (Å²) in [4.78, 5) is 27.6. The molecule has 0 spiro atoms. The van der Waals surface area contributed by atoms with Crippen LogP contribution in [0.15, 0.2) is 23.4 Å². The van der Waals surface area contributed by atoms with Crippen molar-refractivity contribution in [2.24, 2.45) is 5.41 Å². The first-order chi connectivity index (χ1) is 13.6. The van der Waals surface area contributed by atoms with Crippen molar-refractivity contribution in [1.82, 2.24) is 15.2 Å². The molecule has 2 bridgehead atoms. The Morgan fingerprint density at radius 3 is 2.83 bits per heavy atom. The van der Waals surface area contributed by atoms with E-state index in [-0.39, 0.29) is 28.2 Å². The van der Waals surface area contributed by atoms with Crippen molar-refractivity contribution in [3.05, 3.63) is 45.3 Å². The van der Waals surface area contributed by atoms with Crippen LogP contribution >= 0.6 is 11.8 Å². The summed E-state index contributed by atoms with van der Waals surface area (Å²) in [7, 11) is 0. The van der Waals surface area contributed by atoms with Gasteiger partial charge in [0, 0.05) is 23.5 Å². The number of aryl methyl sites for hydroxylation is 1. The van der Waals surface area contributed by atoms with E-state index in [0.29, 0.717) is 16.8 Å². The number of nitrogens with zero attached hydrogens (tertiary/aromatic N) is 4. The summed E-state index contributed by atoms with van der Waals surface area (Å²) in [5.41, 5.74) is 3.25. The summed E-state index contributed by atoms with van der Waals surface area (Å²) in [6, 6.07) is 4.40. The second-order valence-electron chi connectivity index (χ2n) is 8.57. The highest BCUT2D eigenvalue weighted by atomic mass is 32.2. The average Bonchev–Trinajstić information content (AvgIpc) is 3.00. The second-order valence-corrected chi connectivity index (χ2v) is 9.51. The monoisotopic (exact) mass is 413 g/mol. The zero-order chi connectivity index (χ0) is 21.0. The number of rotatable bonds is 5. The zero-order valence-electron chi connectivity index (χ0n) is 16.9. The molecular weight excluding hydrogens is 390 g/mol. The highest BCUT2D eigenvalue weighted by Crippen LogP contribution is 2.66. The lowest BCUT2D eigenvalue weighted by Crippen LogP contribution is -2.32. The van der Waals surface area contributed by atoms with Crippen LogP contribution in [0.2, 0.25) is 0 Å². The maximum atomic E-state index is 12.4. The van der Waals surface area contributed by atoms with Gasteiger partial charge in [-0.1, -0.05) is 38.6 Å². The summed E-state index contributed by atoms with van der Waals surface area (Å²) in [6.45, 7) is 8.59. The van der Waals surface area contributed by atoms with E-state index in [2.05, 4.69) is 36.3 Å². The van der Waals surface area contributed by atoms with Crippen molar-refractivity contribution < 1.29 is 9.72 Å². The summed E-state index contributed by atoms with van der Waals surface area (Å²) in [6.07, 6.45) is 2.21. The predicted molar refractivity (Wildman–Crippen MR) is 110 cm³/mol. The van der Waals surface area contributed by atoms with Crippen molar-refractivity contribution in [1.29, 1.82) is 0 Å². The standard InChI is InChI=1S/C20H23N5O3S/c1-11-5-6-12(25(27)28)9-14(11)21-15(26)10-29-18-22-17-16(23-24-18)13-7-8-20(17,4)19(13,2)3/h5-6,9,13H,7-8,10H2,1-4H3,(H,21,26)/t13-,20+/m1/s1. The lowest BCUT2D eigenvalue weighted by Gasteiger charge is -2.33. The Labute approximate surface area is 173 Å². The van der Waals surface area contributed by atoms with E-state index < -0.39 is 4.92 Å². The lowest BCUT2D eigenvalue weighted by atomic mass is 9.70. The first kappa shape index (κ1) is 19.8. The van der Waals surface area contributed by atoms with Crippen molar-refractivity contribution in [2.45, 2.75) is 57.0 Å². The molecule has 0 unspecified atom stereocenters. The van der Waals surface area contributed by atoms with Crippen LogP contribution in [-0.4, -0.2) is 31.8 Å². The number of nitrogens with one attached hydrogen (secondary N) is 1. The van der Waals surface area contributed by atoms with Gasteiger partial charge in [-0.05, 0) is 30.7 Å². The molecule has 2 aromatic rings. The second kappa shape index (κ2) is 6.76. The fraction of sp³-hybridized carbons (Fsp3) is 0.500. The molecule has 2 aliphatic rings.